The van der Waals surface area contributed by atoms with Crippen LogP contribution in [0.2, 0.25) is 0 Å². The normalized spacial score (nSPS) is 16.6. The zero-order valence-corrected chi connectivity index (χ0v) is 13.7. The molecule has 0 bridgehead atoms. The van der Waals surface area contributed by atoms with Crippen LogP contribution in [-0.2, 0) is 17.7 Å². The van der Waals surface area contributed by atoms with Crippen molar-refractivity contribution in [1.82, 2.24) is 14.8 Å². The molecule has 23 heavy (non-hydrogen) atoms. The van der Waals surface area contributed by atoms with Crippen LogP contribution in [0.3, 0.4) is 0 Å². The van der Waals surface area contributed by atoms with E-state index in [4.69, 9.17) is 9.47 Å². The van der Waals surface area contributed by atoms with E-state index in [0.29, 0.717) is 23.7 Å². The Balaban J connectivity index is 2.09. The minimum Gasteiger partial charge on any atom is -0.474 e. The Morgan fingerprint density at radius 2 is 2.26 bits per heavy atom. The fraction of sp³-hybridized carbons (Fsp3) is 0.471. The van der Waals surface area contributed by atoms with Gasteiger partial charge in [-0.2, -0.15) is 5.10 Å². The summed E-state index contributed by atoms with van der Waals surface area (Å²) < 4.78 is 12.8. The van der Waals surface area contributed by atoms with Crippen LogP contribution in [0.25, 0.3) is 11.3 Å². The lowest BCUT2D eigenvalue weighted by atomic mass is 10.1. The van der Waals surface area contributed by atoms with Crippen molar-refractivity contribution in [2.45, 2.75) is 46.3 Å². The molecule has 3 heterocycles. The smallest absolute Gasteiger partial charge is 0.345 e. The van der Waals surface area contributed by atoms with E-state index in [2.05, 4.69) is 17.0 Å². The Kier molecular flexibility index (Phi) is 4.32. The van der Waals surface area contributed by atoms with Crippen molar-refractivity contribution in [1.29, 1.82) is 0 Å². The van der Waals surface area contributed by atoms with Gasteiger partial charge >= 0.3 is 5.97 Å². The van der Waals surface area contributed by atoms with Crippen molar-refractivity contribution in [3.8, 4) is 17.1 Å². The number of esters is 1. The highest BCUT2D eigenvalue weighted by molar-refractivity contribution is 5.98. The van der Waals surface area contributed by atoms with Crippen molar-refractivity contribution in [2.75, 3.05) is 6.61 Å². The van der Waals surface area contributed by atoms with E-state index in [1.165, 1.54) is 0 Å². The summed E-state index contributed by atoms with van der Waals surface area (Å²) in [5, 5.41) is 4.57. The SMILES string of the molecule is CCOC(=O)c1c(-c2ccc(CC)nc2)nn2c1O[C@@H](C)CC2. The minimum absolute atomic E-state index is 0.0563. The van der Waals surface area contributed by atoms with Gasteiger partial charge in [-0.25, -0.2) is 9.48 Å². The summed E-state index contributed by atoms with van der Waals surface area (Å²) in [6, 6.07) is 3.89. The molecule has 1 atom stereocenters. The number of ether oxygens (including phenoxy) is 2. The van der Waals surface area contributed by atoms with Crippen LogP contribution in [-0.4, -0.2) is 33.4 Å². The number of fused-ring (bicyclic) bond motifs is 1. The monoisotopic (exact) mass is 315 g/mol. The second-order valence-electron chi connectivity index (χ2n) is 5.58. The van der Waals surface area contributed by atoms with Crippen molar-refractivity contribution in [3.63, 3.8) is 0 Å². The second kappa shape index (κ2) is 6.40. The lowest BCUT2D eigenvalue weighted by Crippen LogP contribution is -2.24. The fourth-order valence-corrected chi connectivity index (χ4v) is 2.63. The molecule has 0 unspecified atom stereocenters. The van der Waals surface area contributed by atoms with E-state index in [-0.39, 0.29) is 6.10 Å². The molecule has 0 N–H and O–H groups in total. The molecule has 3 rings (SSSR count). The van der Waals surface area contributed by atoms with Crippen LogP contribution in [0.5, 0.6) is 5.88 Å². The van der Waals surface area contributed by atoms with Gasteiger partial charge in [0.05, 0.1) is 12.7 Å². The summed E-state index contributed by atoms with van der Waals surface area (Å²) in [6.45, 7) is 6.86. The molecular formula is C17H21N3O3. The topological polar surface area (TPSA) is 66.2 Å². The first-order valence-electron chi connectivity index (χ1n) is 8.03. The Hall–Kier alpha value is -2.37. The Morgan fingerprint density at radius 1 is 1.43 bits per heavy atom. The van der Waals surface area contributed by atoms with Gasteiger partial charge in [-0.1, -0.05) is 6.92 Å². The molecule has 1 aliphatic rings. The van der Waals surface area contributed by atoms with E-state index in [0.717, 1.165) is 30.6 Å². The number of rotatable bonds is 4. The van der Waals surface area contributed by atoms with Crippen molar-refractivity contribution in [2.24, 2.45) is 0 Å². The van der Waals surface area contributed by atoms with E-state index in [1.807, 2.05) is 19.1 Å². The van der Waals surface area contributed by atoms with Crippen molar-refractivity contribution < 1.29 is 14.3 Å². The molecule has 122 valence electrons. The van der Waals surface area contributed by atoms with E-state index in [1.54, 1.807) is 17.8 Å². The molecule has 6 nitrogen and oxygen atoms in total. The molecule has 2 aromatic rings. The average molecular weight is 315 g/mol. The molecule has 0 aromatic carbocycles. The maximum absolute atomic E-state index is 12.4. The number of carbonyl (C=O) groups is 1. The van der Waals surface area contributed by atoms with Crippen LogP contribution in [0.1, 0.15) is 43.2 Å². The summed E-state index contributed by atoms with van der Waals surface area (Å²) in [7, 11) is 0. The number of aromatic nitrogens is 3. The largest absolute Gasteiger partial charge is 0.474 e. The van der Waals surface area contributed by atoms with Crippen LogP contribution >= 0.6 is 0 Å². The molecule has 0 amide bonds. The number of hydrogen-bond donors (Lipinski definition) is 0. The average Bonchev–Trinajstić information content (AvgIpc) is 2.93. The molecule has 0 radical (unpaired) electrons. The van der Waals surface area contributed by atoms with Gasteiger partial charge in [0.1, 0.15) is 11.3 Å². The predicted molar refractivity (Wildman–Crippen MR) is 85.5 cm³/mol. The first kappa shape index (κ1) is 15.5. The first-order chi connectivity index (χ1) is 11.1. The summed E-state index contributed by atoms with van der Waals surface area (Å²) >= 11 is 0. The Bertz CT molecular complexity index is 707. The predicted octanol–water partition coefficient (Wildman–Crippen LogP) is 2.86. The van der Waals surface area contributed by atoms with Gasteiger partial charge in [0.25, 0.3) is 0 Å². The molecule has 6 heteroatoms. The maximum atomic E-state index is 12.4. The maximum Gasteiger partial charge on any atom is 0.345 e. The highest BCUT2D eigenvalue weighted by Crippen LogP contribution is 2.34. The molecule has 0 fully saturated rings. The Labute approximate surface area is 135 Å². The molecular weight excluding hydrogens is 294 g/mol. The Morgan fingerprint density at radius 3 is 2.91 bits per heavy atom. The number of nitrogens with zero attached hydrogens (tertiary/aromatic N) is 3. The highest BCUT2D eigenvalue weighted by Gasteiger charge is 2.30. The lowest BCUT2D eigenvalue weighted by Gasteiger charge is -2.21. The fourth-order valence-electron chi connectivity index (χ4n) is 2.63. The van der Waals surface area contributed by atoms with Crippen LogP contribution in [0.4, 0.5) is 0 Å². The third kappa shape index (κ3) is 2.93. The van der Waals surface area contributed by atoms with Crippen molar-refractivity contribution >= 4 is 5.97 Å². The zero-order valence-electron chi connectivity index (χ0n) is 13.7. The molecule has 2 aromatic heterocycles. The number of carbonyl (C=O) groups excluding carboxylic acids is 1. The van der Waals surface area contributed by atoms with Crippen LogP contribution < -0.4 is 4.74 Å². The van der Waals surface area contributed by atoms with E-state index in [9.17, 15) is 4.79 Å². The van der Waals surface area contributed by atoms with Gasteiger partial charge in [0.2, 0.25) is 5.88 Å². The van der Waals surface area contributed by atoms with Gasteiger partial charge in [0, 0.05) is 30.4 Å². The molecule has 0 saturated carbocycles. The number of pyridine rings is 1. The highest BCUT2D eigenvalue weighted by atomic mass is 16.5. The van der Waals surface area contributed by atoms with Crippen LogP contribution in [0.15, 0.2) is 18.3 Å². The third-order valence-electron chi connectivity index (χ3n) is 3.91. The third-order valence-corrected chi connectivity index (χ3v) is 3.91. The lowest BCUT2D eigenvalue weighted by molar-refractivity contribution is 0.0515. The minimum atomic E-state index is -0.405. The summed E-state index contributed by atoms with van der Waals surface area (Å²) in [6.07, 6.45) is 3.54. The second-order valence-corrected chi connectivity index (χ2v) is 5.58. The molecule has 0 spiro atoms. The number of hydrogen-bond acceptors (Lipinski definition) is 5. The summed E-state index contributed by atoms with van der Waals surface area (Å²) in [4.78, 5) is 16.8. The molecule has 0 saturated heterocycles. The first-order valence-corrected chi connectivity index (χ1v) is 8.03. The summed E-state index contributed by atoms with van der Waals surface area (Å²) in [5.41, 5.74) is 2.76. The standard InChI is InChI=1S/C17H21N3O3/c1-4-13-7-6-12(10-18-13)15-14(17(21)22-5-2)16-20(19-15)9-8-11(3)23-16/h6-7,10-11H,4-5,8-9H2,1-3H3/t11-/m0/s1. The van der Waals surface area contributed by atoms with Gasteiger partial charge in [-0.3, -0.25) is 4.98 Å². The molecule has 1 aliphatic heterocycles. The van der Waals surface area contributed by atoms with Crippen LogP contribution in [0, 0.1) is 0 Å². The number of aryl methyl sites for hydroxylation is 2. The molecule has 0 aliphatic carbocycles. The van der Waals surface area contributed by atoms with Gasteiger partial charge in [0.15, 0.2) is 0 Å². The zero-order chi connectivity index (χ0) is 16.4. The quantitative estimate of drug-likeness (QED) is 0.812. The van der Waals surface area contributed by atoms with Gasteiger partial charge in [-0.15, -0.1) is 0 Å². The van der Waals surface area contributed by atoms with E-state index < -0.39 is 5.97 Å². The van der Waals surface area contributed by atoms with Gasteiger partial charge < -0.3 is 9.47 Å². The van der Waals surface area contributed by atoms with Crippen molar-refractivity contribution in [3.05, 3.63) is 29.6 Å². The van der Waals surface area contributed by atoms with E-state index >= 15 is 0 Å². The summed E-state index contributed by atoms with van der Waals surface area (Å²) in [5.74, 6) is 0.0918. The van der Waals surface area contributed by atoms with Gasteiger partial charge in [-0.05, 0) is 32.4 Å².